The predicted molar refractivity (Wildman–Crippen MR) is 122 cm³/mol. The molecule has 0 amide bonds. The van der Waals surface area contributed by atoms with Crippen LogP contribution in [0.1, 0.15) is 65.0 Å². The van der Waals surface area contributed by atoms with Crippen LogP contribution in [0.25, 0.3) is 0 Å². The average molecular weight is 503 g/mol. The Balaban J connectivity index is 1.52. The van der Waals surface area contributed by atoms with Gasteiger partial charge in [-0.2, -0.15) is 0 Å². The Morgan fingerprint density at radius 1 is 1.19 bits per heavy atom. The van der Waals surface area contributed by atoms with E-state index in [2.05, 4.69) is 0 Å². The van der Waals surface area contributed by atoms with Crippen molar-refractivity contribution in [2.75, 3.05) is 7.11 Å². The van der Waals surface area contributed by atoms with Crippen LogP contribution in [0.5, 0.6) is 0 Å². The number of hydrogen-bond acceptors (Lipinski definition) is 9. The minimum atomic E-state index is -1.81. The van der Waals surface area contributed by atoms with Gasteiger partial charge in [-0.3, -0.25) is 14.4 Å². The normalized spacial score (nSPS) is 50.3. The maximum Gasteiger partial charge on any atom is 0.309 e. The molecule has 1 aromatic heterocycles. The maximum atomic E-state index is 14.1. The maximum absolute atomic E-state index is 14.1. The lowest BCUT2D eigenvalue weighted by atomic mass is 9.33. The molecule has 2 bridgehead atoms. The number of rotatable bonds is 3. The Bertz CT molecular complexity index is 1140. The highest BCUT2D eigenvalue weighted by molar-refractivity contribution is 5.98. The minimum Gasteiger partial charge on any atom is -0.472 e. The highest BCUT2D eigenvalue weighted by Gasteiger charge is 2.85. The van der Waals surface area contributed by atoms with Crippen molar-refractivity contribution in [2.45, 2.75) is 82.9 Å². The molecule has 196 valence electrons. The molecule has 36 heavy (non-hydrogen) atoms. The summed E-state index contributed by atoms with van der Waals surface area (Å²) in [5.74, 6) is -2.94. The number of esters is 2. The Morgan fingerprint density at radius 2 is 1.92 bits per heavy atom. The number of ketones is 1. The quantitative estimate of drug-likeness (QED) is 0.598. The summed E-state index contributed by atoms with van der Waals surface area (Å²) in [4.78, 5) is 39.6. The molecule has 5 fully saturated rings. The Kier molecular flexibility index (Phi) is 4.69. The Labute approximate surface area is 209 Å². The third-order valence-electron chi connectivity index (χ3n) is 11.0. The second-order valence-corrected chi connectivity index (χ2v) is 12.6. The predicted octanol–water partition coefficient (Wildman–Crippen LogP) is 2.34. The van der Waals surface area contributed by atoms with E-state index < -0.39 is 75.5 Å². The van der Waals surface area contributed by atoms with Gasteiger partial charge in [0, 0.05) is 28.7 Å². The van der Waals surface area contributed by atoms with Gasteiger partial charge < -0.3 is 28.8 Å². The van der Waals surface area contributed by atoms with Crippen molar-refractivity contribution in [3.05, 3.63) is 24.2 Å². The molecule has 6 rings (SSSR count). The number of carbonyl (C=O) groups excluding carboxylic acids is 3. The van der Waals surface area contributed by atoms with Gasteiger partial charge in [0.1, 0.15) is 18.3 Å². The van der Waals surface area contributed by atoms with E-state index in [9.17, 15) is 24.6 Å². The largest absolute Gasteiger partial charge is 0.472 e. The number of furan rings is 1. The third kappa shape index (κ3) is 2.45. The van der Waals surface area contributed by atoms with Crippen LogP contribution >= 0.6 is 0 Å². The van der Waals surface area contributed by atoms with Crippen molar-refractivity contribution in [3.63, 3.8) is 0 Å². The molecule has 3 aliphatic carbocycles. The number of carbonyl (C=O) groups is 3. The lowest BCUT2D eigenvalue weighted by Crippen LogP contribution is -2.90. The number of hydrogen-bond donors (Lipinski definition) is 2. The van der Waals surface area contributed by atoms with Gasteiger partial charge in [0.2, 0.25) is 0 Å². The summed E-state index contributed by atoms with van der Waals surface area (Å²) in [6.07, 6.45) is 1.21. The molecule has 9 nitrogen and oxygen atoms in total. The molecule has 0 unspecified atom stereocenters. The van der Waals surface area contributed by atoms with E-state index >= 15 is 0 Å². The second kappa shape index (κ2) is 6.99. The Morgan fingerprint density at radius 3 is 2.56 bits per heavy atom. The molecule has 3 saturated carbocycles. The van der Waals surface area contributed by atoms with Crippen LogP contribution in [0.4, 0.5) is 0 Å². The molecule has 5 aliphatic rings. The molecule has 0 spiro atoms. The van der Waals surface area contributed by atoms with Gasteiger partial charge in [-0.05, 0) is 36.2 Å². The summed E-state index contributed by atoms with van der Waals surface area (Å²) in [6, 6.07) is 1.72. The van der Waals surface area contributed by atoms with Crippen molar-refractivity contribution in [3.8, 4) is 0 Å². The number of cyclic esters (lactones) is 1. The lowest BCUT2D eigenvalue weighted by Gasteiger charge is -2.77. The molecule has 1 aromatic rings. The van der Waals surface area contributed by atoms with Crippen molar-refractivity contribution in [2.24, 2.45) is 34.0 Å². The van der Waals surface area contributed by atoms with E-state index in [4.69, 9.17) is 18.6 Å². The van der Waals surface area contributed by atoms with Gasteiger partial charge in [0.05, 0.1) is 31.7 Å². The molecule has 0 aromatic carbocycles. The van der Waals surface area contributed by atoms with Crippen molar-refractivity contribution in [1.29, 1.82) is 0 Å². The molecule has 10 atom stereocenters. The van der Waals surface area contributed by atoms with Gasteiger partial charge >= 0.3 is 11.9 Å². The second-order valence-electron chi connectivity index (χ2n) is 12.6. The van der Waals surface area contributed by atoms with Crippen LogP contribution < -0.4 is 0 Å². The fourth-order valence-electron chi connectivity index (χ4n) is 9.24. The fraction of sp³-hybridized carbons (Fsp3) is 0.741. The van der Waals surface area contributed by atoms with Crippen LogP contribution in [0.2, 0.25) is 0 Å². The smallest absolute Gasteiger partial charge is 0.309 e. The Hall–Kier alpha value is -2.23. The number of ether oxygens (including phenoxy) is 3. The van der Waals surface area contributed by atoms with E-state index in [1.54, 1.807) is 6.07 Å². The van der Waals surface area contributed by atoms with E-state index in [-0.39, 0.29) is 18.6 Å². The van der Waals surface area contributed by atoms with Crippen molar-refractivity contribution in [1.82, 2.24) is 0 Å². The highest BCUT2D eigenvalue weighted by Crippen LogP contribution is 2.75. The molecule has 2 saturated heterocycles. The number of fused-ring (bicyclic) bond motifs is 6. The van der Waals surface area contributed by atoms with Crippen LogP contribution in [0.3, 0.4) is 0 Å². The van der Waals surface area contributed by atoms with Gasteiger partial charge in [0.25, 0.3) is 0 Å². The summed E-state index contributed by atoms with van der Waals surface area (Å²) in [5, 5.41) is 24.6. The number of methoxy groups -OCH3 is 1. The molecule has 9 heteroatoms. The average Bonchev–Trinajstić information content (AvgIpc) is 3.34. The van der Waals surface area contributed by atoms with Gasteiger partial charge in [-0.25, -0.2) is 0 Å². The minimum absolute atomic E-state index is 0.00898. The topological polar surface area (TPSA) is 132 Å². The first kappa shape index (κ1) is 24.1. The monoisotopic (exact) mass is 502 g/mol. The zero-order valence-electron chi connectivity index (χ0n) is 21.3. The first-order valence-corrected chi connectivity index (χ1v) is 12.7. The van der Waals surface area contributed by atoms with Crippen LogP contribution in [-0.2, 0) is 28.6 Å². The molecule has 2 aliphatic heterocycles. The molecule has 0 radical (unpaired) electrons. The first-order valence-electron chi connectivity index (χ1n) is 12.7. The van der Waals surface area contributed by atoms with Crippen molar-refractivity contribution >= 4 is 17.7 Å². The van der Waals surface area contributed by atoms with Gasteiger partial charge in [-0.15, -0.1) is 0 Å². The summed E-state index contributed by atoms with van der Waals surface area (Å²) in [5.41, 5.74) is -5.52. The summed E-state index contributed by atoms with van der Waals surface area (Å²) in [7, 11) is 1.32. The summed E-state index contributed by atoms with van der Waals surface area (Å²) < 4.78 is 22.4. The first-order chi connectivity index (χ1) is 16.8. The SMILES string of the molecule is COC(=O)C[C@H]1C(C)(C)[C@@H]2O[C@@H]3[C@H]4[C@H](CC[C@@]5(C)[C@H](c6ccoc6)OC(=O)C[C@@]45O)[C@@]1(C)C(=O)[C@@]32O. The van der Waals surface area contributed by atoms with Crippen molar-refractivity contribution < 1.29 is 43.2 Å². The van der Waals surface area contributed by atoms with E-state index in [0.717, 1.165) is 0 Å². The van der Waals surface area contributed by atoms with E-state index in [1.165, 1.54) is 19.6 Å². The standard InChI is InChI=1S/C27H34O9/c1-23(2)15(10-16(28)33-5)25(4)14-6-8-24(3)19(13-7-9-34-12-13)35-17(29)11-26(24,31)18(14)20-27(32,21(25)30)22(23)36-20/h7,9,12,14-15,18-20,22,31-32H,6,8,10-11H2,1-5H3/t14-,15-,18+,19-,20+,22-,24-,25+,26+,27-/m0/s1. The molecule has 3 heterocycles. The zero-order valence-corrected chi connectivity index (χ0v) is 21.3. The highest BCUT2D eigenvalue weighted by atomic mass is 16.6. The lowest BCUT2D eigenvalue weighted by molar-refractivity contribution is -0.405. The molecular weight excluding hydrogens is 468 g/mol. The van der Waals surface area contributed by atoms with E-state index in [1.807, 2.05) is 27.7 Å². The fourth-order valence-corrected chi connectivity index (χ4v) is 9.24. The zero-order chi connectivity index (χ0) is 26.1. The van der Waals surface area contributed by atoms with Gasteiger partial charge in [-0.1, -0.05) is 27.7 Å². The van der Waals surface area contributed by atoms with E-state index in [0.29, 0.717) is 18.4 Å². The third-order valence-corrected chi connectivity index (χ3v) is 11.0. The van der Waals surface area contributed by atoms with Gasteiger partial charge in [0.15, 0.2) is 11.4 Å². The number of aliphatic hydroxyl groups is 2. The van der Waals surface area contributed by atoms with Crippen LogP contribution in [0.15, 0.2) is 23.0 Å². The number of Topliss-reactive ketones (excluding diaryl/α,β-unsaturated/α-hetero) is 1. The van der Waals surface area contributed by atoms with Crippen LogP contribution in [0, 0.1) is 34.0 Å². The van der Waals surface area contributed by atoms with Crippen LogP contribution in [-0.4, -0.2) is 58.5 Å². The summed E-state index contributed by atoms with van der Waals surface area (Å²) in [6.45, 7) is 7.57. The molecular formula is C27H34O9. The molecule has 2 N–H and O–H groups in total. The summed E-state index contributed by atoms with van der Waals surface area (Å²) >= 11 is 0.